The summed E-state index contributed by atoms with van der Waals surface area (Å²) in [5, 5.41) is 7.20. The van der Waals surface area contributed by atoms with Crippen LogP contribution >= 0.6 is 0 Å². The fraction of sp³-hybridized carbons (Fsp3) is 0. The molecule has 210 valence electrons. The van der Waals surface area contributed by atoms with Gasteiger partial charge in [-0.2, -0.15) is 0 Å². The molecular formula is C42H26N2O. The molecule has 3 heterocycles. The summed E-state index contributed by atoms with van der Waals surface area (Å²) < 4.78 is 11.4. The molecule has 3 aromatic heterocycles. The second-order valence-corrected chi connectivity index (χ2v) is 11.7. The lowest BCUT2D eigenvalue weighted by Gasteiger charge is -2.12. The zero-order chi connectivity index (χ0) is 29.5. The highest BCUT2D eigenvalue weighted by molar-refractivity contribution is 6.26. The fourth-order valence-electron chi connectivity index (χ4n) is 7.40. The third-order valence-electron chi connectivity index (χ3n) is 9.31. The Bertz CT molecular complexity index is 2760. The average Bonchev–Trinajstić information content (AvgIpc) is 3.76. The van der Waals surface area contributed by atoms with Crippen LogP contribution in [0.25, 0.3) is 88.1 Å². The first-order valence-electron chi connectivity index (χ1n) is 15.4. The van der Waals surface area contributed by atoms with Crippen LogP contribution in [0.5, 0.6) is 0 Å². The van der Waals surface area contributed by atoms with Crippen molar-refractivity contribution in [2.24, 2.45) is 0 Å². The summed E-state index contributed by atoms with van der Waals surface area (Å²) in [6.45, 7) is 0. The Balaban J connectivity index is 1.36. The zero-order valence-electron chi connectivity index (χ0n) is 24.3. The quantitative estimate of drug-likeness (QED) is 0.206. The Morgan fingerprint density at radius 3 is 1.93 bits per heavy atom. The largest absolute Gasteiger partial charge is 0.454 e. The summed E-state index contributed by atoms with van der Waals surface area (Å²) in [5.74, 6) is 0. The molecule has 10 rings (SSSR count). The van der Waals surface area contributed by atoms with E-state index in [0.29, 0.717) is 0 Å². The van der Waals surface area contributed by atoms with Gasteiger partial charge in [-0.3, -0.25) is 0 Å². The van der Waals surface area contributed by atoms with E-state index in [9.17, 15) is 0 Å². The predicted octanol–water partition coefficient (Wildman–Crippen LogP) is 11.4. The molecule has 0 amide bonds. The Labute approximate surface area is 258 Å². The van der Waals surface area contributed by atoms with E-state index in [-0.39, 0.29) is 0 Å². The molecule has 7 aromatic carbocycles. The predicted molar refractivity (Wildman–Crippen MR) is 188 cm³/mol. The standard InChI is InChI=1S/C42H26N2O/c1-2-12-27(13-3-1)28-14-10-15-29(26-28)43-35-20-7-4-16-30(35)32-24-25-37-40(41(32)43)34-18-5-8-21-36(34)44(37)38-22-11-19-33-31-17-6-9-23-39(31)45-42(33)38/h1-26H. The van der Waals surface area contributed by atoms with E-state index in [2.05, 4.69) is 161 Å². The third-order valence-corrected chi connectivity index (χ3v) is 9.31. The van der Waals surface area contributed by atoms with Gasteiger partial charge in [0.1, 0.15) is 5.58 Å². The molecular weight excluding hydrogens is 548 g/mol. The number of furan rings is 1. The number of aromatic nitrogens is 2. The molecule has 0 N–H and O–H groups in total. The van der Waals surface area contributed by atoms with Crippen LogP contribution < -0.4 is 0 Å². The fourth-order valence-corrected chi connectivity index (χ4v) is 7.40. The first-order chi connectivity index (χ1) is 22.3. The van der Waals surface area contributed by atoms with Crippen LogP contribution in [0.4, 0.5) is 0 Å². The first kappa shape index (κ1) is 24.4. The zero-order valence-corrected chi connectivity index (χ0v) is 24.3. The van der Waals surface area contributed by atoms with Gasteiger partial charge in [-0.15, -0.1) is 0 Å². The van der Waals surface area contributed by atoms with E-state index in [1.807, 2.05) is 6.07 Å². The number of nitrogens with zero attached hydrogens (tertiary/aromatic N) is 2. The molecule has 3 heteroatoms. The van der Waals surface area contributed by atoms with Crippen LogP contribution in [0.15, 0.2) is 162 Å². The lowest BCUT2D eigenvalue weighted by Crippen LogP contribution is -1.96. The van der Waals surface area contributed by atoms with Gasteiger partial charge in [-0.25, -0.2) is 0 Å². The molecule has 3 nitrogen and oxygen atoms in total. The molecule has 0 aliphatic rings. The smallest absolute Gasteiger partial charge is 0.159 e. The van der Waals surface area contributed by atoms with Gasteiger partial charge >= 0.3 is 0 Å². The minimum Gasteiger partial charge on any atom is -0.454 e. The van der Waals surface area contributed by atoms with E-state index in [1.54, 1.807) is 0 Å². The number of benzene rings is 7. The third kappa shape index (κ3) is 3.41. The highest BCUT2D eigenvalue weighted by Gasteiger charge is 2.22. The Kier molecular flexibility index (Phi) is 5.00. The molecule has 0 spiro atoms. The summed E-state index contributed by atoms with van der Waals surface area (Å²) in [6.07, 6.45) is 0. The van der Waals surface area contributed by atoms with E-state index in [0.717, 1.165) is 44.3 Å². The maximum Gasteiger partial charge on any atom is 0.159 e. The molecule has 45 heavy (non-hydrogen) atoms. The van der Waals surface area contributed by atoms with Gasteiger partial charge in [0.2, 0.25) is 0 Å². The van der Waals surface area contributed by atoms with Crippen molar-refractivity contribution < 1.29 is 4.42 Å². The number of rotatable bonds is 3. The van der Waals surface area contributed by atoms with Crippen LogP contribution in [0, 0.1) is 0 Å². The number of hydrogen-bond acceptors (Lipinski definition) is 1. The lowest BCUT2D eigenvalue weighted by atomic mass is 10.0. The highest BCUT2D eigenvalue weighted by atomic mass is 16.3. The molecule has 0 radical (unpaired) electrons. The van der Waals surface area contributed by atoms with Crippen LogP contribution in [-0.2, 0) is 0 Å². The molecule has 0 bridgehead atoms. The summed E-state index contributed by atoms with van der Waals surface area (Å²) in [6, 6.07) is 56.4. The van der Waals surface area contributed by atoms with Gasteiger partial charge in [0.05, 0.1) is 27.8 Å². The highest BCUT2D eigenvalue weighted by Crippen LogP contribution is 2.43. The van der Waals surface area contributed by atoms with Gasteiger partial charge in [0.25, 0.3) is 0 Å². The summed E-state index contributed by atoms with van der Waals surface area (Å²) in [5.41, 5.74) is 11.1. The van der Waals surface area contributed by atoms with Crippen LogP contribution in [0.3, 0.4) is 0 Å². The van der Waals surface area contributed by atoms with E-state index >= 15 is 0 Å². The number of para-hydroxylation sites is 4. The first-order valence-corrected chi connectivity index (χ1v) is 15.4. The molecule has 0 saturated heterocycles. The average molecular weight is 575 g/mol. The van der Waals surface area contributed by atoms with Gasteiger partial charge in [-0.05, 0) is 53.6 Å². The van der Waals surface area contributed by atoms with Crippen molar-refractivity contribution in [2.75, 3.05) is 0 Å². The van der Waals surface area contributed by atoms with Gasteiger partial charge in [0, 0.05) is 38.0 Å². The van der Waals surface area contributed by atoms with E-state index in [1.165, 1.54) is 43.7 Å². The molecule has 10 aromatic rings. The topological polar surface area (TPSA) is 23.0 Å². The van der Waals surface area contributed by atoms with Crippen molar-refractivity contribution in [1.82, 2.24) is 9.13 Å². The molecule has 0 saturated carbocycles. The Hall–Kier alpha value is -6.06. The summed E-state index contributed by atoms with van der Waals surface area (Å²) >= 11 is 0. The molecule has 0 unspecified atom stereocenters. The van der Waals surface area contributed by atoms with Crippen molar-refractivity contribution in [1.29, 1.82) is 0 Å². The molecule has 0 aliphatic carbocycles. The van der Waals surface area contributed by atoms with Crippen LogP contribution in [-0.4, -0.2) is 9.13 Å². The maximum absolute atomic E-state index is 6.56. The van der Waals surface area contributed by atoms with Crippen molar-refractivity contribution in [3.05, 3.63) is 158 Å². The Morgan fingerprint density at radius 1 is 0.400 bits per heavy atom. The van der Waals surface area contributed by atoms with Crippen molar-refractivity contribution in [2.45, 2.75) is 0 Å². The molecule has 0 fully saturated rings. The van der Waals surface area contributed by atoms with E-state index < -0.39 is 0 Å². The van der Waals surface area contributed by atoms with Gasteiger partial charge in [0.15, 0.2) is 5.58 Å². The number of hydrogen-bond donors (Lipinski definition) is 0. The van der Waals surface area contributed by atoms with Crippen molar-refractivity contribution >= 4 is 65.6 Å². The van der Waals surface area contributed by atoms with Gasteiger partial charge < -0.3 is 13.6 Å². The second-order valence-electron chi connectivity index (χ2n) is 11.7. The minimum absolute atomic E-state index is 0.901. The number of fused-ring (bicyclic) bond motifs is 10. The van der Waals surface area contributed by atoms with Crippen molar-refractivity contribution in [3.63, 3.8) is 0 Å². The van der Waals surface area contributed by atoms with Gasteiger partial charge in [-0.1, -0.05) is 115 Å². The normalized spacial score (nSPS) is 12.0. The maximum atomic E-state index is 6.56. The minimum atomic E-state index is 0.901. The van der Waals surface area contributed by atoms with Crippen LogP contribution in [0.2, 0.25) is 0 Å². The SMILES string of the molecule is c1ccc(-c2cccc(-n3c4ccccc4c4ccc5c(c6ccccc6n5-c5cccc6c5oc5ccccc56)c43)c2)cc1. The van der Waals surface area contributed by atoms with E-state index in [4.69, 9.17) is 4.42 Å². The Morgan fingerprint density at radius 2 is 1.07 bits per heavy atom. The summed E-state index contributed by atoms with van der Waals surface area (Å²) in [4.78, 5) is 0. The summed E-state index contributed by atoms with van der Waals surface area (Å²) in [7, 11) is 0. The molecule has 0 aliphatic heterocycles. The second kappa shape index (κ2) is 9.22. The van der Waals surface area contributed by atoms with Crippen LogP contribution in [0.1, 0.15) is 0 Å². The molecule has 0 atom stereocenters. The monoisotopic (exact) mass is 574 g/mol. The lowest BCUT2D eigenvalue weighted by molar-refractivity contribution is 0.666. The van der Waals surface area contributed by atoms with Crippen molar-refractivity contribution in [3.8, 4) is 22.5 Å².